The van der Waals surface area contributed by atoms with Gasteiger partial charge in [0, 0.05) is 0 Å². The molecule has 0 aliphatic heterocycles. The predicted octanol–water partition coefficient (Wildman–Crippen LogP) is 13.1. The molecule has 300 valence electrons. The Morgan fingerprint density at radius 1 is 0.643 bits per heavy atom. The Morgan fingerprint density at radius 2 is 1.18 bits per heavy atom. The second kappa shape index (κ2) is 21.6. The molecule has 7 heteroatoms. The fraction of sp³-hybridized carbons (Fsp3) is 0.408. The van der Waals surface area contributed by atoms with Crippen molar-refractivity contribution in [1.29, 1.82) is 0 Å². The summed E-state index contributed by atoms with van der Waals surface area (Å²) in [7, 11) is 0. The zero-order valence-corrected chi connectivity index (χ0v) is 35.4. The summed E-state index contributed by atoms with van der Waals surface area (Å²) in [5.74, 6) is 2.74. The molecule has 0 aliphatic carbocycles. The first-order valence-electron chi connectivity index (χ1n) is 20.0. The van der Waals surface area contributed by atoms with Crippen molar-refractivity contribution in [2.75, 3.05) is 13.2 Å². The number of rotatable bonds is 17. The Morgan fingerprint density at radius 3 is 1.71 bits per heavy atom. The Bertz CT molecular complexity index is 1840. The Kier molecular flexibility index (Phi) is 17.1. The van der Waals surface area contributed by atoms with E-state index in [1.807, 2.05) is 42.6 Å². The van der Waals surface area contributed by atoms with E-state index in [1.165, 1.54) is 39.2 Å². The summed E-state index contributed by atoms with van der Waals surface area (Å²) in [6.45, 7) is 17.9. The number of thiophene rings is 1. The molecule has 1 heterocycles. The van der Waals surface area contributed by atoms with Crippen molar-refractivity contribution in [3.05, 3.63) is 147 Å². The number of esters is 1. The average molecular weight is 779 g/mol. The van der Waals surface area contributed by atoms with E-state index in [4.69, 9.17) is 19.3 Å². The molecule has 2 N–H and O–H groups in total. The van der Waals surface area contributed by atoms with Gasteiger partial charge >= 0.3 is 5.97 Å². The summed E-state index contributed by atoms with van der Waals surface area (Å²) in [5, 5.41) is 20.8. The standard InChI is InChI=1S/C39H48O5S.C10H14O/c1-7-29(31-14-20-36(21-15-31)44-28(3)42-22-23-43-38(41)37-9-8-24-45-37)26-33(32-12-18-35(40)19-13-32)25-27(2)30-10-16-34(17-11-30)39(4,5)6;1-3-8(2)9-4-6-10(11)7-5-9/h8-21,24,27-29,33,40H,7,22-23,25-26H2,1-6H3;4-8,11H,3H2,1-2H3. The van der Waals surface area contributed by atoms with Crippen molar-refractivity contribution >= 4 is 17.3 Å². The van der Waals surface area contributed by atoms with Gasteiger partial charge in [0.05, 0.1) is 6.61 Å². The van der Waals surface area contributed by atoms with Crippen LogP contribution in [0.3, 0.4) is 0 Å². The topological polar surface area (TPSA) is 85.2 Å². The van der Waals surface area contributed by atoms with Gasteiger partial charge in [0.1, 0.15) is 28.7 Å². The number of hydrogen-bond acceptors (Lipinski definition) is 7. The Hall–Kier alpha value is -4.59. The van der Waals surface area contributed by atoms with E-state index < -0.39 is 6.29 Å². The van der Waals surface area contributed by atoms with Crippen LogP contribution in [0.1, 0.15) is 142 Å². The van der Waals surface area contributed by atoms with Gasteiger partial charge in [0.15, 0.2) is 6.29 Å². The highest BCUT2D eigenvalue weighted by molar-refractivity contribution is 7.11. The molecule has 5 rings (SSSR count). The third-order valence-electron chi connectivity index (χ3n) is 10.5. The van der Waals surface area contributed by atoms with Gasteiger partial charge in [0.25, 0.3) is 0 Å². The van der Waals surface area contributed by atoms with E-state index in [0.717, 1.165) is 31.4 Å². The number of ether oxygens (including phenoxy) is 3. The summed E-state index contributed by atoms with van der Waals surface area (Å²) in [6, 6.07) is 36.2. The molecule has 0 amide bonds. The van der Waals surface area contributed by atoms with Crippen molar-refractivity contribution in [3.8, 4) is 17.2 Å². The number of carbonyl (C=O) groups excluding carboxylic acids is 1. The average Bonchev–Trinajstić information content (AvgIpc) is 3.74. The van der Waals surface area contributed by atoms with Crippen LogP contribution in [0.15, 0.2) is 115 Å². The smallest absolute Gasteiger partial charge is 0.348 e. The van der Waals surface area contributed by atoms with Crippen molar-refractivity contribution in [3.63, 3.8) is 0 Å². The second-order valence-electron chi connectivity index (χ2n) is 15.8. The number of benzene rings is 4. The molecule has 5 unspecified atom stereocenters. The summed E-state index contributed by atoms with van der Waals surface area (Å²) in [6.07, 6.45) is 3.72. The van der Waals surface area contributed by atoms with Crippen LogP contribution in [0.5, 0.6) is 17.2 Å². The van der Waals surface area contributed by atoms with E-state index in [0.29, 0.717) is 40.0 Å². The van der Waals surface area contributed by atoms with Gasteiger partial charge in [-0.1, -0.05) is 115 Å². The van der Waals surface area contributed by atoms with Gasteiger partial charge in [-0.05, 0) is 137 Å². The SMILES string of the molecule is CCC(C)c1ccc(O)cc1.CCC(CC(CC(C)c1ccc(C(C)(C)C)cc1)c1ccc(O)cc1)c1ccc(OC(C)OCCOC(=O)c2cccs2)cc1. The molecule has 0 fully saturated rings. The number of carbonyl (C=O) groups is 1. The molecule has 0 saturated carbocycles. The maximum absolute atomic E-state index is 12.0. The molecule has 0 bridgehead atoms. The number of phenolic OH excluding ortho intramolecular Hbond substituents is 2. The van der Waals surface area contributed by atoms with Crippen LogP contribution >= 0.6 is 11.3 Å². The van der Waals surface area contributed by atoms with Crippen LogP contribution in [0.25, 0.3) is 0 Å². The first-order chi connectivity index (χ1) is 26.8. The molecule has 0 aliphatic rings. The van der Waals surface area contributed by atoms with E-state index >= 15 is 0 Å². The van der Waals surface area contributed by atoms with Gasteiger partial charge in [-0.15, -0.1) is 11.3 Å². The quantitative estimate of drug-likeness (QED) is 0.0555. The lowest BCUT2D eigenvalue weighted by atomic mass is 9.78. The van der Waals surface area contributed by atoms with Crippen LogP contribution in [0, 0.1) is 0 Å². The molecule has 56 heavy (non-hydrogen) atoms. The van der Waals surface area contributed by atoms with Gasteiger partial charge in [-0.2, -0.15) is 0 Å². The molecule has 4 aromatic carbocycles. The first-order valence-corrected chi connectivity index (χ1v) is 20.9. The lowest BCUT2D eigenvalue weighted by molar-refractivity contribution is -0.0783. The van der Waals surface area contributed by atoms with Crippen molar-refractivity contribution < 1.29 is 29.2 Å². The minimum Gasteiger partial charge on any atom is -0.508 e. The van der Waals surface area contributed by atoms with Crippen LogP contribution < -0.4 is 4.74 Å². The van der Waals surface area contributed by atoms with Crippen LogP contribution in [0.2, 0.25) is 0 Å². The number of aromatic hydroxyl groups is 2. The number of hydrogen-bond donors (Lipinski definition) is 2. The van der Waals surface area contributed by atoms with E-state index in [9.17, 15) is 9.90 Å². The lowest BCUT2D eigenvalue weighted by Crippen LogP contribution is -2.20. The monoisotopic (exact) mass is 778 g/mol. The zero-order valence-electron chi connectivity index (χ0n) is 34.5. The molecule has 0 radical (unpaired) electrons. The normalized spacial score (nSPS) is 14.1. The van der Waals surface area contributed by atoms with E-state index in [-0.39, 0.29) is 24.6 Å². The maximum atomic E-state index is 12.0. The molecule has 0 spiro atoms. The summed E-state index contributed by atoms with van der Waals surface area (Å²) >= 11 is 1.36. The van der Waals surface area contributed by atoms with Gasteiger partial charge in [-0.25, -0.2) is 4.79 Å². The molecule has 5 atom stereocenters. The minimum absolute atomic E-state index is 0.136. The predicted molar refractivity (Wildman–Crippen MR) is 231 cm³/mol. The molecular weight excluding hydrogens is 717 g/mol. The van der Waals surface area contributed by atoms with Crippen molar-refractivity contribution in [2.45, 2.75) is 116 Å². The second-order valence-corrected chi connectivity index (χ2v) is 16.7. The van der Waals surface area contributed by atoms with Crippen LogP contribution in [0.4, 0.5) is 0 Å². The summed E-state index contributed by atoms with van der Waals surface area (Å²) in [5.41, 5.74) is 6.69. The summed E-state index contributed by atoms with van der Waals surface area (Å²) in [4.78, 5) is 12.5. The van der Waals surface area contributed by atoms with Crippen molar-refractivity contribution in [1.82, 2.24) is 0 Å². The van der Waals surface area contributed by atoms with Gasteiger partial charge in [0.2, 0.25) is 0 Å². The van der Waals surface area contributed by atoms with Gasteiger partial charge < -0.3 is 24.4 Å². The van der Waals surface area contributed by atoms with Crippen molar-refractivity contribution in [2.24, 2.45) is 0 Å². The van der Waals surface area contributed by atoms with Crippen LogP contribution in [-0.4, -0.2) is 35.7 Å². The Balaban J connectivity index is 0.000000544. The molecule has 1 aromatic heterocycles. The molecule has 6 nitrogen and oxygen atoms in total. The van der Waals surface area contributed by atoms with E-state index in [1.54, 1.807) is 30.3 Å². The van der Waals surface area contributed by atoms with Gasteiger partial charge in [-0.3, -0.25) is 0 Å². The van der Waals surface area contributed by atoms with E-state index in [2.05, 4.69) is 97.0 Å². The highest BCUT2D eigenvalue weighted by atomic mass is 32.1. The molecule has 0 saturated heterocycles. The fourth-order valence-corrected chi connectivity index (χ4v) is 7.38. The lowest BCUT2D eigenvalue weighted by Gasteiger charge is -2.27. The summed E-state index contributed by atoms with van der Waals surface area (Å²) < 4.78 is 16.9. The Labute approximate surface area is 339 Å². The fourth-order valence-electron chi connectivity index (χ4n) is 6.77. The number of phenols is 2. The minimum atomic E-state index is -0.476. The van der Waals surface area contributed by atoms with Crippen LogP contribution in [-0.2, 0) is 14.9 Å². The molecule has 5 aromatic rings. The zero-order chi connectivity index (χ0) is 40.7. The third kappa shape index (κ3) is 13.9. The maximum Gasteiger partial charge on any atom is 0.348 e. The largest absolute Gasteiger partial charge is 0.508 e. The molecular formula is C49H62O6S. The highest BCUT2D eigenvalue weighted by Crippen LogP contribution is 2.39. The highest BCUT2D eigenvalue weighted by Gasteiger charge is 2.23. The first kappa shape index (κ1) is 44.1. The third-order valence-corrected chi connectivity index (χ3v) is 11.4.